The number of amides is 1. The first-order valence-corrected chi connectivity index (χ1v) is 14.8. The summed E-state index contributed by atoms with van der Waals surface area (Å²) in [4.78, 5) is 33.3. The van der Waals surface area contributed by atoms with Crippen LogP contribution in [0.4, 0.5) is 5.13 Å². The van der Waals surface area contributed by atoms with Crippen molar-refractivity contribution in [1.82, 2.24) is 4.98 Å². The Labute approximate surface area is 253 Å². The molecule has 0 spiro atoms. The molecule has 1 atom stereocenters. The zero-order chi connectivity index (χ0) is 30.0. The number of nitrogens with zero attached hydrogens (tertiary/aromatic N) is 2. The van der Waals surface area contributed by atoms with Crippen LogP contribution in [0.25, 0.3) is 16.0 Å². The van der Waals surface area contributed by atoms with E-state index in [9.17, 15) is 14.7 Å². The molecule has 1 N–H and O–H groups in total. The molecule has 5 rings (SSSR count). The first-order chi connectivity index (χ1) is 20.2. The fourth-order valence-corrected chi connectivity index (χ4v) is 5.89. The second-order valence-electron chi connectivity index (χ2n) is 10.2. The molecule has 0 radical (unpaired) electrons. The van der Waals surface area contributed by atoms with Crippen molar-refractivity contribution in [1.29, 1.82) is 0 Å². The lowest BCUT2D eigenvalue weighted by molar-refractivity contribution is -0.132. The number of hydrogen-bond acceptors (Lipinski definition) is 8. The molecule has 8 nitrogen and oxygen atoms in total. The zero-order valence-electron chi connectivity index (χ0n) is 23.7. The monoisotopic (exact) mass is 606 g/mol. The summed E-state index contributed by atoms with van der Waals surface area (Å²) in [5.74, 6) is 0.210. The first kappa shape index (κ1) is 29.4. The quantitative estimate of drug-likeness (QED) is 0.114. The van der Waals surface area contributed by atoms with Gasteiger partial charge in [-0.25, -0.2) is 4.98 Å². The molecule has 42 heavy (non-hydrogen) atoms. The largest absolute Gasteiger partial charge is 0.507 e. The van der Waals surface area contributed by atoms with Crippen LogP contribution in [0.2, 0.25) is 5.02 Å². The van der Waals surface area contributed by atoms with Crippen LogP contribution in [0.1, 0.15) is 44.4 Å². The molecule has 0 aliphatic carbocycles. The molecule has 218 valence electrons. The van der Waals surface area contributed by atoms with E-state index in [1.54, 1.807) is 42.5 Å². The lowest BCUT2D eigenvalue weighted by Crippen LogP contribution is -2.29. The Morgan fingerprint density at radius 3 is 2.50 bits per heavy atom. The number of methoxy groups -OCH3 is 1. The van der Waals surface area contributed by atoms with Crippen molar-refractivity contribution < 1.29 is 28.9 Å². The van der Waals surface area contributed by atoms with E-state index < -0.39 is 17.7 Å². The van der Waals surface area contributed by atoms with E-state index >= 15 is 0 Å². The van der Waals surface area contributed by atoms with Crippen LogP contribution < -0.4 is 19.1 Å². The number of carbonyl (C=O) groups excluding carboxylic acids is 2. The molecule has 2 heterocycles. The summed E-state index contributed by atoms with van der Waals surface area (Å²) in [5, 5.41) is 12.2. The van der Waals surface area contributed by atoms with E-state index in [-0.39, 0.29) is 11.3 Å². The highest BCUT2D eigenvalue weighted by molar-refractivity contribution is 7.22. The number of ether oxygens (including phenoxy) is 3. The maximum Gasteiger partial charge on any atom is 0.301 e. The summed E-state index contributed by atoms with van der Waals surface area (Å²) in [6.45, 7) is 7.16. The summed E-state index contributed by atoms with van der Waals surface area (Å²) < 4.78 is 18.0. The van der Waals surface area contributed by atoms with Gasteiger partial charge in [0.25, 0.3) is 5.78 Å². The summed E-state index contributed by atoms with van der Waals surface area (Å²) in [6, 6.07) is 16.2. The maximum absolute atomic E-state index is 13.7. The van der Waals surface area contributed by atoms with Crippen molar-refractivity contribution in [2.75, 3.05) is 25.2 Å². The Kier molecular flexibility index (Phi) is 8.70. The molecule has 4 aromatic rings. The van der Waals surface area contributed by atoms with Crippen LogP contribution >= 0.6 is 22.9 Å². The lowest BCUT2D eigenvalue weighted by Gasteiger charge is -2.24. The summed E-state index contributed by atoms with van der Waals surface area (Å²) in [5.41, 5.74) is 1.50. The Hall–Kier alpha value is -4.08. The van der Waals surface area contributed by atoms with Crippen LogP contribution in [0, 0.1) is 5.92 Å². The number of hydrogen-bond donors (Lipinski definition) is 1. The molecule has 3 aromatic carbocycles. The Balaban J connectivity index is 1.65. The van der Waals surface area contributed by atoms with E-state index in [2.05, 4.69) is 13.8 Å². The summed E-state index contributed by atoms with van der Waals surface area (Å²) >= 11 is 7.32. The van der Waals surface area contributed by atoms with Crippen LogP contribution in [0.3, 0.4) is 0 Å². The van der Waals surface area contributed by atoms with Gasteiger partial charge in [-0.1, -0.05) is 42.9 Å². The highest BCUT2D eigenvalue weighted by Gasteiger charge is 2.48. The van der Waals surface area contributed by atoms with E-state index in [4.69, 9.17) is 30.8 Å². The number of rotatable bonds is 10. The van der Waals surface area contributed by atoms with Crippen molar-refractivity contribution in [3.8, 4) is 17.2 Å². The van der Waals surface area contributed by atoms with Gasteiger partial charge in [-0.3, -0.25) is 14.5 Å². The first-order valence-electron chi connectivity index (χ1n) is 13.6. The lowest BCUT2D eigenvalue weighted by atomic mass is 9.95. The third-order valence-corrected chi connectivity index (χ3v) is 8.15. The molecular formula is C32H31ClN2O6S. The van der Waals surface area contributed by atoms with Gasteiger partial charge >= 0.3 is 5.91 Å². The molecule has 1 fully saturated rings. The molecule has 1 saturated heterocycles. The van der Waals surface area contributed by atoms with Crippen LogP contribution in [-0.4, -0.2) is 42.1 Å². The van der Waals surface area contributed by atoms with Crippen molar-refractivity contribution in [3.63, 3.8) is 0 Å². The molecule has 1 amide bonds. The fourth-order valence-electron chi connectivity index (χ4n) is 4.74. The number of aromatic nitrogens is 1. The number of aliphatic hydroxyl groups excluding tert-OH is 1. The van der Waals surface area contributed by atoms with Crippen LogP contribution in [0.15, 0.2) is 66.2 Å². The predicted octanol–water partition coefficient (Wildman–Crippen LogP) is 7.41. The fraction of sp³-hybridized carbons (Fsp3) is 0.281. The van der Waals surface area contributed by atoms with E-state index in [1.807, 2.05) is 25.1 Å². The molecule has 1 aliphatic rings. The van der Waals surface area contributed by atoms with Crippen molar-refractivity contribution >= 4 is 55.7 Å². The number of thiazole rings is 1. The molecule has 10 heteroatoms. The van der Waals surface area contributed by atoms with Crippen molar-refractivity contribution in [2.45, 2.75) is 33.2 Å². The van der Waals surface area contributed by atoms with E-state index in [0.29, 0.717) is 63.2 Å². The summed E-state index contributed by atoms with van der Waals surface area (Å²) in [6.07, 6.45) is 0.870. The van der Waals surface area contributed by atoms with Crippen molar-refractivity contribution in [3.05, 3.63) is 82.4 Å². The molecule has 0 bridgehead atoms. The molecule has 1 aromatic heterocycles. The normalized spacial score (nSPS) is 16.4. The number of ketones is 1. The molecular weight excluding hydrogens is 576 g/mol. The summed E-state index contributed by atoms with van der Waals surface area (Å²) in [7, 11) is 1.53. The number of Topliss-reactive ketones (excluding diaryl/α,β-unsaturated/α-hetero) is 1. The minimum atomic E-state index is -0.980. The number of halogens is 1. The van der Waals surface area contributed by atoms with Crippen molar-refractivity contribution in [2.24, 2.45) is 5.92 Å². The Bertz CT molecular complexity index is 1660. The molecule has 1 unspecified atom stereocenters. The van der Waals surface area contributed by atoms with Gasteiger partial charge in [-0.2, -0.15) is 0 Å². The SMILES string of the molecule is CCOc1ccc2nc(N3C(=O)C(=O)/C(=C(/O)c4ccc(Cl)cc4)C3c3ccc(OCCC(C)C)c(OC)c3)sc2c1. The minimum absolute atomic E-state index is 0.0629. The highest BCUT2D eigenvalue weighted by Crippen LogP contribution is 2.46. The number of fused-ring (bicyclic) bond motifs is 1. The second kappa shape index (κ2) is 12.4. The van der Waals surface area contributed by atoms with Gasteiger partial charge in [-0.15, -0.1) is 0 Å². The van der Waals surface area contributed by atoms with Gasteiger partial charge in [0.1, 0.15) is 11.5 Å². The third kappa shape index (κ3) is 5.80. The number of carbonyl (C=O) groups is 2. The number of anilines is 1. The average Bonchev–Trinajstić information content (AvgIpc) is 3.50. The van der Waals surface area contributed by atoms with Gasteiger partial charge in [0.05, 0.1) is 42.2 Å². The van der Waals surface area contributed by atoms with Crippen LogP contribution in [0.5, 0.6) is 17.2 Å². The van der Waals surface area contributed by atoms with Gasteiger partial charge < -0.3 is 19.3 Å². The van der Waals surface area contributed by atoms with Gasteiger partial charge in [0, 0.05) is 10.6 Å². The zero-order valence-corrected chi connectivity index (χ0v) is 25.3. The smallest absolute Gasteiger partial charge is 0.301 e. The van der Waals surface area contributed by atoms with E-state index in [0.717, 1.165) is 11.1 Å². The van der Waals surface area contributed by atoms with Gasteiger partial charge in [-0.05, 0) is 79.4 Å². The Morgan fingerprint density at radius 2 is 1.81 bits per heavy atom. The number of aliphatic hydroxyl groups is 1. The topological polar surface area (TPSA) is 98.2 Å². The standard InChI is InChI=1S/C32H31ClN2O6S/c1-5-40-22-11-12-23-26(17-22)42-32(34-23)35-28(20-8-13-24(25(16-20)39-4)41-15-14-18(2)3)27(30(37)31(35)38)29(36)19-6-9-21(33)10-7-19/h6-13,16-18,28,36H,5,14-15H2,1-4H3/b29-27+. The third-order valence-electron chi connectivity index (χ3n) is 6.88. The predicted molar refractivity (Wildman–Crippen MR) is 165 cm³/mol. The minimum Gasteiger partial charge on any atom is -0.507 e. The Morgan fingerprint density at radius 1 is 1.05 bits per heavy atom. The average molecular weight is 607 g/mol. The number of benzene rings is 3. The van der Waals surface area contributed by atoms with Gasteiger partial charge in [0.15, 0.2) is 16.6 Å². The van der Waals surface area contributed by atoms with Crippen LogP contribution in [-0.2, 0) is 9.59 Å². The van der Waals surface area contributed by atoms with E-state index in [1.165, 1.54) is 23.3 Å². The molecule has 0 saturated carbocycles. The van der Waals surface area contributed by atoms with Gasteiger partial charge in [0.2, 0.25) is 0 Å². The highest BCUT2D eigenvalue weighted by atomic mass is 35.5. The maximum atomic E-state index is 13.7. The second-order valence-corrected chi connectivity index (χ2v) is 11.6. The molecule has 1 aliphatic heterocycles.